The molecule has 0 aromatic carbocycles. The van der Waals surface area contributed by atoms with Crippen LogP contribution in [0.5, 0.6) is 0 Å². The van der Waals surface area contributed by atoms with E-state index in [1.54, 1.807) is 0 Å². The van der Waals surface area contributed by atoms with Crippen LogP contribution >= 0.6 is 0 Å². The number of unbranched alkanes of at least 4 members (excludes halogenated alkanes) is 3. The molecule has 0 bridgehead atoms. The third-order valence-electron chi connectivity index (χ3n) is 2.75. The van der Waals surface area contributed by atoms with Gasteiger partial charge in [0.25, 0.3) is 0 Å². The van der Waals surface area contributed by atoms with E-state index in [-0.39, 0.29) is 13.1 Å². The average Bonchev–Trinajstić information content (AvgIpc) is 2.31. The first-order chi connectivity index (χ1) is 8.77. The summed E-state index contributed by atoms with van der Waals surface area (Å²) < 4.78 is 59.9. The van der Waals surface area contributed by atoms with Crippen LogP contribution in [0.25, 0.3) is 0 Å². The molecular formula is C11H23F3N2O2S. The Morgan fingerprint density at radius 2 is 1.63 bits per heavy atom. The molecule has 0 aromatic rings. The largest absolute Gasteiger partial charge is 0.511 e. The first kappa shape index (κ1) is 18.7. The lowest BCUT2D eigenvalue weighted by molar-refractivity contribution is -0.0488. The second kappa shape index (κ2) is 8.76. The van der Waals surface area contributed by atoms with Gasteiger partial charge >= 0.3 is 15.5 Å². The summed E-state index contributed by atoms with van der Waals surface area (Å²) in [5, 5.41) is 3.15. The fraction of sp³-hybridized carbons (Fsp3) is 1.00. The molecule has 0 rings (SSSR count). The zero-order valence-electron chi connectivity index (χ0n) is 11.5. The van der Waals surface area contributed by atoms with Gasteiger partial charge in [-0.3, -0.25) is 0 Å². The van der Waals surface area contributed by atoms with Crippen LogP contribution < -0.4 is 5.32 Å². The molecule has 0 radical (unpaired) electrons. The predicted molar refractivity (Wildman–Crippen MR) is 69.2 cm³/mol. The number of rotatable bonds is 10. The van der Waals surface area contributed by atoms with Gasteiger partial charge in [0, 0.05) is 13.1 Å². The maximum Gasteiger partial charge on any atom is 0.511 e. The van der Waals surface area contributed by atoms with Crippen molar-refractivity contribution in [3.63, 3.8) is 0 Å². The molecule has 0 heterocycles. The summed E-state index contributed by atoms with van der Waals surface area (Å²) in [6, 6.07) is 0. The first-order valence-electron chi connectivity index (χ1n) is 6.54. The fourth-order valence-electron chi connectivity index (χ4n) is 1.66. The fourth-order valence-corrected chi connectivity index (χ4v) is 2.67. The topological polar surface area (TPSA) is 49.4 Å². The van der Waals surface area contributed by atoms with Crippen molar-refractivity contribution >= 4 is 10.0 Å². The molecule has 8 heteroatoms. The molecule has 0 unspecified atom stereocenters. The van der Waals surface area contributed by atoms with Crippen molar-refractivity contribution in [3.05, 3.63) is 0 Å². The van der Waals surface area contributed by atoms with E-state index in [2.05, 4.69) is 5.32 Å². The number of sulfonamides is 1. The monoisotopic (exact) mass is 304 g/mol. The Morgan fingerprint density at radius 1 is 1.05 bits per heavy atom. The lowest BCUT2D eigenvalue weighted by Crippen LogP contribution is -2.41. The smallest absolute Gasteiger partial charge is 0.317 e. The molecule has 0 atom stereocenters. The summed E-state index contributed by atoms with van der Waals surface area (Å²) >= 11 is 0. The number of alkyl halides is 3. The number of hydrogen-bond acceptors (Lipinski definition) is 3. The Balaban J connectivity index is 4.03. The van der Waals surface area contributed by atoms with Crippen LogP contribution in [0.4, 0.5) is 13.2 Å². The molecule has 19 heavy (non-hydrogen) atoms. The molecule has 0 aliphatic heterocycles. The number of hydrogen-bond donors (Lipinski definition) is 1. The highest BCUT2D eigenvalue weighted by Crippen LogP contribution is 2.26. The maximum absolute atomic E-state index is 12.3. The second-order valence-corrected chi connectivity index (χ2v) is 6.14. The molecule has 116 valence electrons. The average molecular weight is 304 g/mol. The number of nitrogens with one attached hydrogen (secondary N) is 1. The van der Waals surface area contributed by atoms with Crippen LogP contribution in [-0.4, -0.2) is 44.4 Å². The highest BCUT2D eigenvalue weighted by molar-refractivity contribution is 7.89. The summed E-state index contributed by atoms with van der Waals surface area (Å²) in [5.74, 6) is 0. The molecule has 0 amide bonds. The third kappa shape index (κ3) is 6.58. The summed E-state index contributed by atoms with van der Waals surface area (Å²) in [6.07, 6.45) is 3.02. The normalized spacial score (nSPS) is 13.2. The van der Waals surface area contributed by atoms with E-state index in [1.807, 2.05) is 6.92 Å². The van der Waals surface area contributed by atoms with Crippen molar-refractivity contribution in [3.8, 4) is 0 Å². The van der Waals surface area contributed by atoms with Gasteiger partial charge in [0.1, 0.15) is 0 Å². The van der Waals surface area contributed by atoms with E-state index in [4.69, 9.17) is 0 Å². The standard InChI is InChI=1S/C11H23F3N2O2S/c1-3-15-9-7-5-6-8-10-16(4-2)19(17,18)11(12,13)14/h15H,3-10H2,1-2H3. The van der Waals surface area contributed by atoms with E-state index >= 15 is 0 Å². The van der Waals surface area contributed by atoms with Gasteiger partial charge in [-0.1, -0.05) is 26.7 Å². The van der Waals surface area contributed by atoms with Crippen molar-refractivity contribution < 1.29 is 21.6 Å². The van der Waals surface area contributed by atoms with Gasteiger partial charge in [-0.2, -0.15) is 17.5 Å². The Hall–Kier alpha value is -0.340. The van der Waals surface area contributed by atoms with E-state index in [1.165, 1.54) is 6.92 Å². The van der Waals surface area contributed by atoms with E-state index in [0.717, 1.165) is 32.4 Å². The summed E-state index contributed by atoms with van der Waals surface area (Å²) in [6.45, 7) is 4.97. The lowest BCUT2D eigenvalue weighted by atomic mass is 10.2. The zero-order chi connectivity index (χ0) is 14.9. The van der Waals surface area contributed by atoms with Gasteiger partial charge in [0.05, 0.1) is 0 Å². The molecule has 0 saturated carbocycles. The Labute approximate surface area is 113 Å². The van der Waals surface area contributed by atoms with Crippen LogP contribution in [0.1, 0.15) is 39.5 Å². The predicted octanol–water partition coefficient (Wildman–Crippen LogP) is 2.33. The van der Waals surface area contributed by atoms with Crippen molar-refractivity contribution in [2.45, 2.75) is 45.0 Å². The quantitative estimate of drug-likeness (QED) is 0.630. The SMILES string of the molecule is CCNCCCCCCN(CC)S(=O)(=O)C(F)(F)F. The van der Waals surface area contributed by atoms with E-state index in [9.17, 15) is 21.6 Å². The van der Waals surface area contributed by atoms with Crippen molar-refractivity contribution in [2.75, 3.05) is 26.2 Å². The molecule has 4 nitrogen and oxygen atoms in total. The highest BCUT2D eigenvalue weighted by Gasteiger charge is 2.49. The van der Waals surface area contributed by atoms with Gasteiger partial charge in [0.2, 0.25) is 0 Å². The van der Waals surface area contributed by atoms with Gasteiger partial charge in [0.15, 0.2) is 0 Å². The molecule has 0 fully saturated rings. The highest BCUT2D eigenvalue weighted by atomic mass is 32.2. The summed E-state index contributed by atoms with van der Waals surface area (Å²) in [4.78, 5) is 0. The van der Waals surface area contributed by atoms with Gasteiger partial charge in [-0.05, 0) is 25.9 Å². The molecule has 0 aliphatic carbocycles. The molecule has 0 aliphatic rings. The summed E-state index contributed by atoms with van der Waals surface area (Å²) in [7, 11) is -5.17. The van der Waals surface area contributed by atoms with E-state index in [0.29, 0.717) is 10.7 Å². The van der Waals surface area contributed by atoms with Crippen molar-refractivity contribution in [1.29, 1.82) is 0 Å². The van der Waals surface area contributed by atoms with Crippen LogP contribution in [0.2, 0.25) is 0 Å². The number of halogens is 3. The van der Waals surface area contributed by atoms with Gasteiger partial charge < -0.3 is 5.32 Å². The molecule has 0 saturated heterocycles. The zero-order valence-corrected chi connectivity index (χ0v) is 12.3. The Morgan fingerprint density at radius 3 is 2.11 bits per heavy atom. The van der Waals surface area contributed by atoms with Gasteiger partial charge in [-0.15, -0.1) is 0 Å². The minimum atomic E-state index is -5.20. The summed E-state index contributed by atoms with van der Waals surface area (Å²) in [5.41, 5.74) is -5.20. The minimum Gasteiger partial charge on any atom is -0.317 e. The minimum absolute atomic E-state index is 0.0699. The third-order valence-corrected chi connectivity index (χ3v) is 4.45. The van der Waals surface area contributed by atoms with Crippen molar-refractivity contribution in [1.82, 2.24) is 9.62 Å². The molecule has 0 spiro atoms. The lowest BCUT2D eigenvalue weighted by Gasteiger charge is -2.21. The molecular weight excluding hydrogens is 281 g/mol. The van der Waals surface area contributed by atoms with Crippen molar-refractivity contribution in [2.24, 2.45) is 0 Å². The Bertz CT molecular complexity index is 331. The van der Waals surface area contributed by atoms with Crippen LogP contribution in [0.15, 0.2) is 0 Å². The number of nitrogens with zero attached hydrogens (tertiary/aromatic N) is 1. The van der Waals surface area contributed by atoms with Crippen LogP contribution in [-0.2, 0) is 10.0 Å². The van der Waals surface area contributed by atoms with Crippen LogP contribution in [0, 0.1) is 0 Å². The first-order valence-corrected chi connectivity index (χ1v) is 7.98. The molecule has 0 aromatic heterocycles. The Kier molecular flexibility index (Phi) is 8.60. The van der Waals surface area contributed by atoms with Gasteiger partial charge in [-0.25, -0.2) is 8.42 Å². The maximum atomic E-state index is 12.3. The van der Waals surface area contributed by atoms with E-state index < -0.39 is 15.5 Å². The molecule has 1 N–H and O–H groups in total. The van der Waals surface area contributed by atoms with Crippen LogP contribution in [0.3, 0.4) is 0 Å². The second-order valence-electron chi connectivity index (χ2n) is 4.21.